The average Bonchev–Trinajstić information content (AvgIpc) is 3.41. The molecule has 0 saturated carbocycles. The molecule has 2 amide bonds. The first-order valence-corrected chi connectivity index (χ1v) is 10.7. The van der Waals surface area contributed by atoms with E-state index in [9.17, 15) is 9.59 Å². The molecule has 2 aromatic carbocycles. The van der Waals surface area contributed by atoms with Crippen LogP contribution < -0.4 is 14.8 Å². The predicted octanol–water partition coefficient (Wildman–Crippen LogP) is 4.72. The predicted molar refractivity (Wildman–Crippen MR) is 125 cm³/mol. The molecule has 7 nitrogen and oxygen atoms in total. The number of anilines is 1. The van der Waals surface area contributed by atoms with Crippen LogP contribution in [-0.2, 0) is 16.1 Å². The van der Waals surface area contributed by atoms with E-state index in [2.05, 4.69) is 19.2 Å². The minimum atomic E-state index is -0.414. The number of carbonyl (C=O) groups is 2. The van der Waals surface area contributed by atoms with Gasteiger partial charge in [-0.3, -0.25) is 14.5 Å². The summed E-state index contributed by atoms with van der Waals surface area (Å²) in [6.45, 7) is 4.80. The van der Waals surface area contributed by atoms with Crippen molar-refractivity contribution in [2.45, 2.75) is 20.4 Å². The van der Waals surface area contributed by atoms with E-state index in [4.69, 9.17) is 13.9 Å². The van der Waals surface area contributed by atoms with E-state index in [0.717, 1.165) is 0 Å². The molecule has 3 aromatic rings. The SMILES string of the molecule is COc1ccc(NC2=C(c3ccc(OCC(C)C)cc3)C(=O)N(Cc3ccco3)C2=O)cc1. The fourth-order valence-corrected chi connectivity index (χ4v) is 3.46. The molecule has 1 aromatic heterocycles. The van der Waals surface area contributed by atoms with Crippen molar-refractivity contribution in [1.29, 1.82) is 0 Å². The second kappa shape index (κ2) is 9.65. The number of furan rings is 1. The van der Waals surface area contributed by atoms with Crippen LogP contribution in [0.2, 0.25) is 0 Å². The van der Waals surface area contributed by atoms with E-state index in [1.54, 1.807) is 55.6 Å². The van der Waals surface area contributed by atoms with E-state index in [1.807, 2.05) is 12.1 Å². The third-order valence-electron chi connectivity index (χ3n) is 5.15. The number of hydrogen-bond donors (Lipinski definition) is 1. The molecule has 170 valence electrons. The number of benzene rings is 2. The molecule has 0 radical (unpaired) electrons. The minimum absolute atomic E-state index is 0.0531. The topological polar surface area (TPSA) is 81.0 Å². The van der Waals surface area contributed by atoms with Gasteiger partial charge in [0.2, 0.25) is 0 Å². The van der Waals surface area contributed by atoms with Gasteiger partial charge in [0.05, 0.1) is 32.1 Å². The molecule has 2 heterocycles. The van der Waals surface area contributed by atoms with Crippen LogP contribution in [0.1, 0.15) is 25.2 Å². The van der Waals surface area contributed by atoms with Crippen molar-refractivity contribution in [3.8, 4) is 11.5 Å². The molecule has 0 bridgehead atoms. The van der Waals surface area contributed by atoms with Gasteiger partial charge in [-0.25, -0.2) is 0 Å². The van der Waals surface area contributed by atoms with Crippen LogP contribution in [0.15, 0.2) is 77.0 Å². The molecule has 7 heteroatoms. The number of ether oxygens (including phenoxy) is 2. The summed E-state index contributed by atoms with van der Waals surface area (Å²) >= 11 is 0. The molecule has 0 saturated heterocycles. The Morgan fingerprint density at radius 2 is 1.64 bits per heavy atom. The lowest BCUT2D eigenvalue weighted by molar-refractivity contribution is -0.137. The summed E-state index contributed by atoms with van der Waals surface area (Å²) in [6, 6.07) is 17.8. The zero-order valence-corrected chi connectivity index (χ0v) is 18.8. The Morgan fingerprint density at radius 3 is 2.24 bits per heavy atom. The van der Waals surface area contributed by atoms with Crippen molar-refractivity contribution in [1.82, 2.24) is 4.90 Å². The van der Waals surface area contributed by atoms with Gasteiger partial charge in [-0.2, -0.15) is 0 Å². The number of hydrogen-bond acceptors (Lipinski definition) is 6. The molecule has 1 aliphatic heterocycles. The fraction of sp³-hybridized carbons (Fsp3) is 0.231. The van der Waals surface area contributed by atoms with Crippen molar-refractivity contribution >= 4 is 23.1 Å². The maximum atomic E-state index is 13.4. The highest BCUT2D eigenvalue weighted by Gasteiger charge is 2.39. The van der Waals surface area contributed by atoms with Gasteiger partial charge in [-0.15, -0.1) is 0 Å². The van der Waals surface area contributed by atoms with Crippen LogP contribution in [0.25, 0.3) is 5.57 Å². The number of imide groups is 1. The monoisotopic (exact) mass is 446 g/mol. The summed E-state index contributed by atoms with van der Waals surface area (Å²) in [5, 5.41) is 3.14. The average molecular weight is 447 g/mol. The van der Waals surface area contributed by atoms with Crippen LogP contribution >= 0.6 is 0 Å². The van der Waals surface area contributed by atoms with Gasteiger partial charge < -0.3 is 19.2 Å². The lowest BCUT2D eigenvalue weighted by atomic mass is 10.0. The highest BCUT2D eigenvalue weighted by atomic mass is 16.5. The van der Waals surface area contributed by atoms with Crippen LogP contribution in [0.4, 0.5) is 5.69 Å². The summed E-state index contributed by atoms with van der Waals surface area (Å²) in [5.41, 5.74) is 1.81. The first-order valence-electron chi connectivity index (χ1n) is 10.7. The lowest BCUT2D eigenvalue weighted by Crippen LogP contribution is -2.31. The Bertz CT molecular complexity index is 1150. The quantitative estimate of drug-likeness (QED) is 0.479. The van der Waals surface area contributed by atoms with E-state index in [1.165, 1.54) is 11.2 Å². The summed E-state index contributed by atoms with van der Waals surface area (Å²) in [6.07, 6.45) is 1.51. The summed E-state index contributed by atoms with van der Waals surface area (Å²) in [7, 11) is 1.59. The standard InChI is InChI=1S/C26H26N2O5/c1-17(2)16-33-21-10-6-18(7-11-21)23-24(27-19-8-12-20(31-3)13-9-19)26(30)28(25(23)29)15-22-5-4-14-32-22/h4-14,17,27H,15-16H2,1-3H3. The van der Waals surface area contributed by atoms with Crippen LogP contribution in [0.3, 0.4) is 0 Å². The van der Waals surface area contributed by atoms with Gasteiger partial charge >= 0.3 is 0 Å². The second-order valence-electron chi connectivity index (χ2n) is 8.11. The van der Waals surface area contributed by atoms with Crippen molar-refractivity contribution in [3.63, 3.8) is 0 Å². The van der Waals surface area contributed by atoms with Gasteiger partial charge in [0.25, 0.3) is 11.8 Å². The highest BCUT2D eigenvalue weighted by molar-refractivity contribution is 6.36. The maximum absolute atomic E-state index is 13.4. The van der Waals surface area contributed by atoms with E-state index in [0.29, 0.717) is 46.6 Å². The Balaban J connectivity index is 1.66. The Morgan fingerprint density at radius 1 is 0.939 bits per heavy atom. The summed E-state index contributed by atoms with van der Waals surface area (Å²) < 4.78 is 16.3. The van der Waals surface area contributed by atoms with E-state index >= 15 is 0 Å². The van der Waals surface area contributed by atoms with E-state index in [-0.39, 0.29) is 18.1 Å². The molecule has 1 N–H and O–H groups in total. The van der Waals surface area contributed by atoms with Gasteiger partial charge in [0.15, 0.2) is 0 Å². The normalized spacial score (nSPS) is 13.8. The van der Waals surface area contributed by atoms with Gasteiger partial charge in [-0.05, 0) is 60.0 Å². The highest BCUT2D eigenvalue weighted by Crippen LogP contribution is 2.32. The maximum Gasteiger partial charge on any atom is 0.278 e. The van der Waals surface area contributed by atoms with Crippen LogP contribution in [0.5, 0.6) is 11.5 Å². The lowest BCUT2D eigenvalue weighted by Gasteiger charge is -2.13. The number of methoxy groups -OCH3 is 1. The summed E-state index contributed by atoms with van der Waals surface area (Å²) in [4.78, 5) is 27.8. The van der Waals surface area contributed by atoms with Gasteiger partial charge in [0.1, 0.15) is 23.0 Å². The molecular weight excluding hydrogens is 420 g/mol. The zero-order chi connectivity index (χ0) is 23.4. The largest absolute Gasteiger partial charge is 0.497 e. The van der Waals surface area contributed by atoms with Crippen molar-refractivity contribution in [2.24, 2.45) is 5.92 Å². The molecule has 0 fully saturated rings. The third kappa shape index (κ3) is 4.92. The fourth-order valence-electron chi connectivity index (χ4n) is 3.46. The van der Waals surface area contributed by atoms with Crippen LogP contribution in [-0.4, -0.2) is 30.4 Å². The van der Waals surface area contributed by atoms with Crippen molar-refractivity contribution < 1.29 is 23.5 Å². The third-order valence-corrected chi connectivity index (χ3v) is 5.15. The number of rotatable bonds is 9. The molecule has 33 heavy (non-hydrogen) atoms. The minimum Gasteiger partial charge on any atom is -0.497 e. The smallest absolute Gasteiger partial charge is 0.278 e. The Labute approximate surface area is 192 Å². The van der Waals surface area contributed by atoms with Crippen LogP contribution in [0, 0.1) is 5.92 Å². The van der Waals surface area contributed by atoms with E-state index < -0.39 is 5.91 Å². The van der Waals surface area contributed by atoms with Crippen molar-refractivity contribution in [3.05, 3.63) is 83.9 Å². The first-order chi connectivity index (χ1) is 16.0. The van der Waals surface area contributed by atoms with Crippen molar-refractivity contribution in [2.75, 3.05) is 19.0 Å². The first kappa shape index (κ1) is 22.2. The summed E-state index contributed by atoms with van der Waals surface area (Å²) in [5.74, 6) is 1.53. The number of nitrogens with zero attached hydrogens (tertiary/aromatic N) is 1. The van der Waals surface area contributed by atoms with Gasteiger partial charge in [0, 0.05) is 5.69 Å². The number of nitrogens with one attached hydrogen (secondary N) is 1. The Kier molecular flexibility index (Phi) is 6.49. The molecule has 4 rings (SSSR count). The molecule has 0 spiro atoms. The second-order valence-corrected chi connectivity index (χ2v) is 8.11. The molecule has 0 atom stereocenters. The molecule has 1 aliphatic rings. The molecule has 0 aliphatic carbocycles. The van der Waals surface area contributed by atoms with Gasteiger partial charge in [-0.1, -0.05) is 26.0 Å². The number of carbonyl (C=O) groups excluding carboxylic acids is 2. The Hall–Kier alpha value is -4.00. The number of amides is 2. The zero-order valence-electron chi connectivity index (χ0n) is 18.8. The molecule has 0 unspecified atom stereocenters. The molecular formula is C26H26N2O5.